The molecular weight excluding hydrogens is 322 g/mol. The monoisotopic (exact) mass is 341 g/mol. The maximum absolute atomic E-state index is 6.34. The molecule has 124 valence electrons. The van der Waals surface area contributed by atoms with Gasteiger partial charge in [-0.05, 0) is 43.1 Å². The van der Waals surface area contributed by atoms with Gasteiger partial charge in [0.1, 0.15) is 11.5 Å². The van der Waals surface area contributed by atoms with Crippen molar-refractivity contribution in [1.29, 1.82) is 0 Å². The van der Waals surface area contributed by atoms with E-state index in [2.05, 4.69) is 31.2 Å². The van der Waals surface area contributed by atoms with E-state index >= 15 is 0 Å². The Balaban J connectivity index is 1.44. The van der Waals surface area contributed by atoms with E-state index in [0.717, 1.165) is 47.9 Å². The molecule has 5 nitrogen and oxygen atoms in total. The quantitative estimate of drug-likeness (QED) is 0.760. The van der Waals surface area contributed by atoms with Crippen molar-refractivity contribution in [3.05, 3.63) is 53.4 Å². The van der Waals surface area contributed by atoms with Crippen molar-refractivity contribution in [3.8, 4) is 0 Å². The number of likely N-dealkylation sites (tertiary alicyclic amines) is 1. The SMILES string of the molecule is Clc1cc(NC2CCCN(Cc3cccnc3)C2)nc2[nH]ccc12. The van der Waals surface area contributed by atoms with Gasteiger partial charge in [-0.3, -0.25) is 9.88 Å². The Morgan fingerprint density at radius 2 is 2.33 bits per heavy atom. The van der Waals surface area contributed by atoms with E-state index in [4.69, 9.17) is 11.6 Å². The van der Waals surface area contributed by atoms with Crippen LogP contribution in [0, 0.1) is 0 Å². The number of aromatic nitrogens is 3. The summed E-state index contributed by atoms with van der Waals surface area (Å²) < 4.78 is 0. The molecule has 24 heavy (non-hydrogen) atoms. The molecule has 4 heterocycles. The van der Waals surface area contributed by atoms with E-state index in [-0.39, 0.29) is 0 Å². The highest BCUT2D eigenvalue weighted by Crippen LogP contribution is 2.25. The summed E-state index contributed by atoms with van der Waals surface area (Å²) in [7, 11) is 0. The number of nitrogens with one attached hydrogen (secondary N) is 2. The van der Waals surface area contributed by atoms with E-state index < -0.39 is 0 Å². The van der Waals surface area contributed by atoms with Crippen LogP contribution in [0.2, 0.25) is 5.02 Å². The molecule has 4 rings (SSSR count). The van der Waals surface area contributed by atoms with E-state index in [0.29, 0.717) is 6.04 Å². The average Bonchev–Trinajstić information content (AvgIpc) is 3.05. The van der Waals surface area contributed by atoms with E-state index in [1.54, 1.807) is 0 Å². The maximum Gasteiger partial charge on any atom is 0.141 e. The lowest BCUT2D eigenvalue weighted by Crippen LogP contribution is -2.41. The Labute approximate surface area is 146 Å². The fraction of sp³-hybridized carbons (Fsp3) is 0.333. The second kappa shape index (κ2) is 6.79. The summed E-state index contributed by atoms with van der Waals surface area (Å²) in [5, 5.41) is 5.24. The van der Waals surface area contributed by atoms with Crippen LogP contribution >= 0.6 is 11.6 Å². The summed E-state index contributed by atoms with van der Waals surface area (Å²) in [5.41, 5.74) is 2.08. The number of anilines is 1. The van der Waals surface area contributed by atoms with Gasteiger partial charge in [0.25, 0.3) is 0 Å². The molecular formula is C18H20ClN5. The number of aromatic amines is 1. The van der Waals surface area contributed by atoms with Crippen LogP contribution in [0.1, 0.15) is 18.4 Å². The Hall–Kier alpha value is -2.11. The molecule has 1 atom stereocenters. The van der Waals surface area contributed by atoms with Crippen molar-refractivity contribution in [2.45, 2.75) is 25.4 Å². The minimum Gasteiger partial charge on any atom is -0.366 e. The molecule has 2 N–H and O–H groups in total. The Morgan fingerprint density at radius 3 is 3.21 bits per heavy atom. The van der Waals surface area contributed by atoms with Gasteiger partial charge in [0, 0.05) is 43.1 Å². The normalized spacial score (nSPS) is 18.8. The Bertz CT molecular complexity index is 817. The number of piperidine rings is 1. The predicted molar refractivity (Wildman–Crippen MR) is 97.3 cm³/mol. The topological polar surface area (TPSA) is 56.8 Å². The second-order valence-electron chi connectivity index (χ2n) is 6.31. The van der Waals surface area contributed by atoms with E-state index in [9.17, 15) is 0 Å². The summed E-state index contributed by atoms with van der Waals surface area (Å²) >= 11 is 6.34. The summed E-state index contributed by atoms with van der Waals surface area (Å²) in [6.45, 7) is 3.06. The first kappa shape index (κ1) is 15.4. The first-order valence-corrected chi connectivity index (χ1v) is 8.67. The van der Waals surface area contributed by atoms with Crippen LogP contribution in [0.4, 0.5) is 5.82 Å². The molecule has 0 spiro atoms. The van der Waals surface area contributed by atoms with Gasteiger partial charge < -0.3 is 10.3 Å². The van der Waals surface area contributed by atoms with Gasteiger partial charge in [-0.2, -0.15) is 0 Å². The van der Waals surface area contributed by atoms with Crippen LogP contribution < -0.4 is 5.32 Å². The highest BCUT2D eigenvalue weighted by Gasteiger charge is 2.20. The minimum absolute atomic E-state index is 0.381. The largest absolute Gasteiger partial charge is 0.366 e. The molecule has 0 aliphatic carbocycles. The third kappa shape index (κ3) is 3.37. The zero-order valence-corrected chi connectivity index (χ0v) is 14.1. The molecule has 1 unspecified atom stereocenters. The molecule has 0 aromatic carbocycles. The van der Waals surface area contributed by atoms with Crippen molar-refractivity contribution in [2.75, 3.05) is 18.4 Å². The summed E-state index contributed by atoms with van der Waals surface area (Å²) in [4.78, 5) is 14.4. The second-order valence-corrected chi connectivity index (χ2v) is 6.72. The van der Waals surface area contributed by atoms with Gasteiger partial charge in [0.2, 0.25) is 0 Å². The first-order chi connectivity index (χ1) is 11.8. The summed E-state index contributed by atoms with van der Waals surface area (Å²) in [5.74, 6) is 0.836. The van der Waals surface area contributed by atoms with Crippen LogP contribution in [-0.2, 0) is 6.54 Å². The summed E-state index contributed by atoms with van der Waals surface area (Å²) in [6.07, 6.45) is 7.94. The third-order valence-electron chi connectivity index (χ3n) is 4.46. The van der Waals surface area contributed by atoms with Crippen LogP contribution in [0.15, 0.2) is 42.9 Å². The number of halogens is 1. The van der Waals surface area contributed by atoms with Crippen LogP contribution in [0.5, 0.6) is 0 Å². The lowest BCUT2D eigenvalue weighted by atomic mass is 10.0. The highest BCUT2D eigenvalue weighted by molar-refractivity contribution is 6.35. The standard InChI is InChI=1S/C18H20ClN5/c19-16-9-17(23-18-15(16)5-7-21-18)22-14-4-2-8-24(12-14)11-13-3-1-6-20-10-13/h1,3,5-7,9-10,14H,2,4,8,11-12H2,(H2,21,22,23). The van der Waals surface area contributed by atoms with Gasteiger partial charge in [-0.25, -0.2) is 4.98 Å². The molecule has 3 aromatic rings. The molecule has 1 aliphatic rings. The molecule has 3 aromatic heterocycles. The van der Waals surface area contributed by atoms with E-state index in [1.807, 2.05) is 36.8 Å². The maximum atomic E-state index is 6.34. The average molecular weight is 342 g/mol. The fourth-order valence-electron chi connectivity index (χ4n) is 3.35. The lowest BCUT2D eigenvalue weighted by Gasteiger charge is -2.33. The smallest absolute Gasteiger partial charge is 0.141 e. The molecule has 0 amide bonds. The number of H-pyrrole nitrogens is 1. The molecule has 1 fully saturated rings. The Morgan fingerprint density at radius 1 is 1.38 bits per heavy atom. The van der Waals surface area contributed by atoms with Gasteiger partial charge in [0.05, 0.1) is 5.02 Å². The summed E-state index contributed by atoms with van der Waals surface area (Å²) in [6, 6.07) is 8.37. The molecule has 0 radical (unpaired) electrons. The number of rotatable bonds is 4. The van der Waals surface area contributed by atoms with Gasteiger partial charge >= 0.3 is 0 Å². The van der Waals surface area contributed by atoms with Crippen LogP contribution in [0.3, 0.4) is 0 Å². The van der Waals surface area contributed by atoms with Crippen molar-refractivity contribution in [1.82, 2.24) is 19.9 Å². The van der Waals surface area contributed by atoms with Crippen LogP contribution in [-0.4, -0.2) is 39.0 Å². The van der Waals surface area contributed by atoms with Crippen molar-refractivity contribution < 1.29 is 0 Å². The first-order valence-electron chi connectivity index (χ1n) is 8.29. The molecule has 1 saturated heterocycles. The predicted octanol–water partition coefficient (Wildman–Crippen LogP) is 3.69. The zero-order chi connectivity index (χ0) is 16.4. The number of hydrogen-bond donors (Lipinski definition) is 2. The van der Waals surface area contributed by atoms with Crippen molar-refractivity contribution in [2.24, 2.45) is 0 Å². The minimum atomic E-state index is 0.381. The molecule has 0 saturated carbocycles. The van der Waals surface area contributed by atoms with Gasteiger partial charge in [-0.1, -0.05) is 17.7 Å². The number of hydrogen-bond acceptors (Lipinski definition) is 4. The lowest BCUT2D eigenvalue weighted by molar-refractivity contribution is 0.208. The Kier molecular flexibility index (Phi) is 4.36. The van der Waals surface area contributed by atoms with Crippen LogP contribution in [0.25, 0.3) is 11.0 Å². The fourth-order valence-corrected chi connectivity index (χ4v) is 3.60. The number of fused-ring (bicyclic) bond motifs is 1. The zero-order valence-electron chi connectivity index (χ0n) is 13.4. The van der Waals surface area contributed by atoms with Gasteiger partial charge in [-0.15, -0.1) is 0 Å². The number of nitrogens with zero attached hydrogens (tertiary/aromatic N) is 3. The molecule has 6 heteroatoms. The van der Waals surface area contributed by atoms with Crippen molar-refractivity contribution >= 4 is 28.5 Å². The molecule has 1 aliphatic heterocycles. The van der Waals surface area contributed by atoms with E-state index in [1.165, 1.54) is 12.0 Å². The van der Waals surface area contributed by atoms with Gasteiger partial charge in [0.15, 0.2) is 0 Å². The third-order valence-corrected chi connectivity index (χ3v) is 4.78. The number of pyridine rings is 2. The highest BCUT2D eigenvalue weighted by atomic mass is 35.5. The van der Waals surface area contributed by atoms with Crippen molar-refractivity contribution in [3.63, 3.8) is 0 Å². The molecule has 0 bridgehead atoms.